The predicted octanol–water partition coefficient (Wildman–Crippen LogP) is 3.08. The van der Waals surface area contributed by atoms with Crippen molar-refractivity contribution in [1.82, 2.24) is 20.5 Å². The number of urea groups is 2. The normalized spacial score (nSPS) is 19.2. The molecule has 8 nitrogen and oxygen atoms in total. The number of carbonyl (C=O) groups excluding carboxylic acids is 3. The SMILES string of the molecule is CCNC(=O)N1C(=O)C2(c3ccccc31)c1[nH]c3ccccc3c1CCN2C(=O)NCC. The van der Waals surface area contributed by atoms with Gasteiger partial charge in [0.05, 0.1) is 11.4 Å². The molecule has 8 heteroatoms. The molecular weight excluding hydrogens is 406 g/mol. The summed E-state index contributed by atoms with van der Waals surface area (Å²) >= 11 is 0. The third kappa shape index (κ3) is 2.52. The highest BCUT2D eigenvalue weighted by Gasteiger charge is 2.62. The molecule has 0 saturated carbocycles. The number of hydrogen-bond acceptors (Lipinski definition) is 3. The van der Waals surface area contributed by atoms with Crippen LogP contribution in [0.2, 0.25) is 0 Å². The van der Waals surface area contributed by atoms with Gasteiger partial charge in [-0.05, 0) is 38.0 Å². The quantitative estimate of drug-likeness (QED) is 0.582. The Morgan fingerprint density at radius 3 is 2.47 bits per heavy atom. The van der Waals surface area contributed by atoms with Crippen molar-refractivity contribution in [3.8, 4) is 0 Å². The molecule has 0 saturated heterocycles. The molecular formula is C24H25N5O3. The van der Waals surface area contributed by atoms with E-state index in [0.717, 1.165) is 16.5 Å². The van der Waals surface area contributed by atoms with E-state index in [-0.39, 0.29) is 6.03 Å². The highest BCUT2D eigenvalue weighted by atomic mass is 16.2. The van der Waals surface area contributed by atoms with Crippen LogP contribution in [0.4, 0.5) is 15.3 Å². The zero-order valence-electron chi connectivity index (χ0n) is 18.1. The molecule has 0 fully saturated rings. The number of aromatic nitrogens is 1. The minimum Gasteiger partial charge on any atom is -0.355 e. The molecule has 1 unspecified atom stereocenters. The Kier molecular flexibility index (Phi) is 4.65. The maximum atomic E-state index is 14.2. The number of nitrogens with zero attached hydrogens (tertiary/aromatic N) is 2. The summed E-state index contributed by atoms with van der Waals surface area (Å²) in [6, 6.07) is 14.3. The Morgan fingerprint density at radius 1 is 1.00 bits per heavy atom. The summed E-state index contributed by atoms with van der Waals surface area (Å²) in [6.07, 6.45) is 0.606. The van der Waals surface area contributed by atoms with E-state index in [4.69, 9.17) is 0 Å². The number of aromatic amines is 1. The first kappa shape index (κ1) is 20.1. The van der Waals surface area contributed by atoms with Crippen molar-refractivity contribution >= 4 is 34.6 Å². The first-order valence-corrected chi connectivity index (χ1v) is 10.9. The van der Waals surface area contributed by atoms with E-state index in [1.807, 2.05) is 43.3 Å². The maximum absolute atomic E-state index is 14.2. The average Bonchev–Trinajstić information content (AvgIpc) is 3.29. The van der Waals surface area contributed by atoms with Gasteiger partial charge in [-0.2, -0.15) is 0 Å². The summed E-state index contributed by atoms with van der Waals surface area (Å²) in [7, 11) is 0. The van der Waals surface area contributed by atoms with Gasteiger partial charge < -0.3 is 20.5 Å². The zero-order valence-corrected chi connectivity index (χ0v) is 18.1. The fourth-order valence-corrected chi connectivity index (χ4v) is 5.09. The Bertz CT molecular complexity index is 1250. The van der Waals surface area contributed by atoms with E-state index in [9.17, 15) is 14.4 Å². The van der Waals surface area contributed by atoms with Crippen molar-refractivity contribution in [2.75, 3.05) is 24.5 Å². The molecule has 164 valence electrons. The van der Waals surface area contributed by atoms with E-state index in [1.165, 1.54) is 4.90 Å². The highest BCUT2D eigenvalue weighted by Crippen LogP contribution is 2.52. The molecule has 5 amide bonds. The molecule has 0 radical (unpaired) electrons. The smallest absolute Gasteiger partial charge is 0.328 e. The van der Waals surface area contributed by atoms with Gasteiger partial charge in [0.2, 0.25) is 0 Å². The van der Waals surface area contributed by atoms with Crippen molar-refractivity contribution < 1.29 is 14.4 Å². The molecule has 3 aromatic rings. The standard InChI is InChI=1S/C24H25N5O3/c1-3-25-22(31)28-14-13-16-15-9-5-7-11-18(15)27-20(16)24(28)17-10-6-8-12-19(17)29(21(24)30)23(32)26-4-2/h5-12,27H,3-4,13-14H2,1-2H3,(H,25,31)(H,26,32). The van der Waals surface area contributed by atoms with E-state index in [2.05, 4.69) is 15.6 Å². The third-order valence-corrected chi connectivity index (χ3v) is 6.32. The minimum absolute atomic E-state index is 0.335. The van der Waals surface area contributed by atoms with Gasteiger partial charge in [0.25, 0.3) is 5.91 Å². The summed E-state index contributed by atoms with van der Waals surface area (Å²) in [5.74, 6) is -0.455. The Balaban J connectivity index is 1.83. The molecule has 3 heterocycles. The van der Waals surface area contributed by atoms with Crippen molar-refractivity contribution in [1.29, 1.82) is 0 Å². The van der Waals surface area contributed by atoms with Crippen LogP contribution in [0.3, 0.4) is 0 Å². The Morgan fingerprint density at radius 2 is 1.69 bits per heavy atom. The molecule has 2 aliphatic heterocycles. The second-order valence-corrected chi connectivity index (χ2v) is 7.96. The maximum Gasteiger partial charge on any atom is 0.328 e. The number of fused-ring (bicyclic) bond motifs is 6. The molecule has 2 aromatic carbocycles. The predicted molar refractivity (Wildman–Crippen MR) is 122 cm³/mol. The number of nitrogens with one attached hydrogen (secondary N) is 3. The number of anilines is 1. The number of benzene rings is 2. The summed E-state index contributed by atoms with van der Waals surface area (Å²) in [5, 5.41) is 6.62. The van der Waals surface area contributed by atoms with Crippen molar-refractivity contribution in [3.05, 3.63) is 65.4 Å². The number of para-hydroxylation sites is 2. The lowest BCUT2D eigenvalue weighted by Crippen LogP contribution is -2.62. The highest BCUT2D eigenvalue weighted by molar-refractivity contribution is 6.24. The van der Waals surface area contributed by atoms with Crippen LogP contribution in [0.15, 0.2) is 48.5 Å². The molecule has 1 spiro atoms. The molecule has 0 bridgehead atoms. The fraction of sp³-hybridized carbons (Fsp3) is 0.292. The third-order valence-electron chi connectivity index (χ3n) is 6.32. The number of amides is 5. The second kappa shape index (κ2) is 7.40. The van der Waals surface area contributed by atoms with Gasteiger partial charge in [0.15, 0.2) is 5.54 Å². The average molecular weight is 431 g/mol. The van der Waals surface area contributed by atoms with Crippen LogP contribution in [0, 0.1) is 0 Å². The molecule has 5 rings (SSSR count). The summed E-state index contributed by atoms with van der Waals surface area (Å²) in [4.78, 5) is 46.7. The van der Waals surface area contributed by atoms with Crippen LogP contribution in [0.5, 0.6) is 0 Å². The Labute approximate surface area is 185 Å². The topological polar surface area (TPSA) is 97.5 Å². The minimum atomic E-state index is -1.45. The van der Waals surface area contributed by atoms with Gasteiger partial charge in [-0.1, -0.05) is 36.4 Å². The van der Waals surface area contributed by atoms with Crippen molar-refractivity contribution in [3.63, 3.8) is 0 Å². The van der Waals surface area contributed by atoms with Gasteiger partial charge in [0, 0.05) is 36.1 Å². The molecule has 2 aliphatic rings. The number of carbonyl (C=O) groups is 3. The van der Waals surface area contributed by atoms with Crippen molar-refractivity contribution in [2.45, 2.75) is 25.8 Å². The van der Waals surface area contributed by atoms with E-state index in [1.54, 1.807) is 24.0 Å². The summed E-state index contributed by atoms with van der Waals surface area (Å²) in [6.45, 7) is 4.81. The summed E-state index contributed by atoms with van der Waals surface area (Å²) in [5.41, 5.74) is 2.21. The fourth-order valence-electron chi connectivity index (χ4n) is 5.09. The van der Waals surface area contributed by atoms with Gasteiger partial charge >= 0.3 is 12.1 Å². The van der Waals surface area contributed by atoms with Gasteiger partial charge in [-0.3, -0.25) is 4.79 Å². The summed E-state index contributed by atoms with van der Waals surface area (Å²) < 4.78 is 0. The van der Waals surface area contributed by atoms with Crippen LogP contribution in [0.25, 0.3) is 10.9 Å². The largest absolute Gasteiger partial charge is 0.355 e. The first-order valence-electron chi connectivity index (χ1n) is 10.9. The molecule has 32 heavy (non-hydrogen) atoms. The van der Waals surface area contributed by atoms with Crippen LogP contribution in [0.1, 0.15) is 30.7 Å². The van der Waals surface area contributed by atoms with E-state index in [0.29, 0.717) is 43.0 Å². The van der Waals surface area contributed by atoms with E-state index < -0.39 is 17.5 Å². The Hall–Kier alpha value is -3.81. The van der Waals surface area contributed by atoms with Gasteiger partial charge in [-0.15, -0.1) is 0 Å². The molecule has 1 atom stereocenters. The number of hydrogen-bond donors (Lipinski definition) is 3. The number of imide groups is 1. The number of rotatable bonds is 2. The lowest BCUT2D eigenvalue weighted by atomic mass is 9.80. The van der Waals surface area contributed by atoms with Crippen LogP contribution in [-0.2, 0) is 16.8 Å². The second-order valence-electron chi connectivity index (χ2n) is 7.96. The molecule has 1 aromatic heterocycles. The first-order chi connectivity index (χ1) is 15.6. The lowest BCUT2D eigenvalue weighted by Gasteiger charge is -2.43. The van der Waals surface area contributed by atoms with Gasteiger partial charge in [0.1, 0.15) is 0 Å². The lowest BCUT2D eigenvalue weighted by molar-refractivity contribution is -0.126. The number of H-pyrrole nitrogens is 1. The van der Waals surface area contributed by atoms with Crippen LogP contribution >= 0.6 is 0 Å². The monoisotopic (exact) mass is 431 g/mol. The van der Waals surface area contributed by atoms with Crippen LogP contribution in [-0.4, -0.2) is 47.5 Å². The van der Waals surface area contributed by atoms with Crippen molar-refractivity contribution in [2.24, 2.45) is 0 Å². The zero-order chi connectivity index (χ0) is 22.5. The van der Waals surface area contributed by atoms with Crippen LogP contribution < -0.4 is 15.5 Å². The molecule has 0 aliphatic carbocycles. The van der Waals surface area contributed by atoms with E-state index >= 15 is 0 Å². The van der Waals surface area contributed by atoms with Gasteiger partial charge in [-0.25, -0.2) is 14.5 Å². The molecule has 3 N–H and O–H groups in total.